The van der Waals surface area contributed by atoms with E-state index in [1.807, 2.05) is 0 Å². The molecule has 2 saturated carbocycles. The third-order valence-electron chi connectivity index (χ3n) is 6.73. The number of halogens is 2. The van der Waals surface area contributed by atoms with E-state index in [1.165, 1.54) is 25.7 Å². The minimum atomic E-state index is -2.57. The Morgan fingerprint density at radius 1 is 1.00 bits per heavy atom. The van der Waals surface area contributed by atoms with Crippen LogP contribution in [-0.2, 0) is 0 Å². The summed E-state index contributed by atoms with van der Waals surface area (Å²) < 4.78 is 28.8. The van der Waals surface area contributed by atoms with Crippen molar-refractivity contribution in [1.29, 1.82) is 0 Å². The molecule has 1 aliphatic heterocycles. The first-order chi connectivity index (χ1) is 11.4. The predicted molar refractivity (Wildman–Crippen MR) is 94.6 cm³/mol. The number of piperazine rings is 1. The quantitative estimate of drug-likeness (QED) is 0.844. The highest BCUT2D eigenvalue weighted by Crippen LogP contribution is 2.38. The Morgan fingerprint density at radius 3 is 2.33 bits per heavy atom. The molecule has 140 valence electrons. The molecule has 3 nitrogen and oxygen atoms in total. The summed E-state index contributed by atoms with van der Waals surface area (Å²) in [5.74, 6) is -1.82. The van der Waals surface area contributed by atoms with E-state index >= 15 is 0 Å². The van der Waals surface area contributed by atoms with Crippen LogP contribution in [0.25, 0.3) is 0 Å². The highest BCUT2D eigenvalue weighted by molar-refractivity contribution is 5.01. The van der Waals surface area contributed by atoms with Crippen molar-refractivity contribution in [3.63, 3.8) is 0 Å². The summed E-state index contributed by atoms with van der Waals surface area (Å²) in [7, 11) is 1.70. The highest BCUT2D eigenvalue weighted by Gasteiger charge is 2.49. The van der Waals surface area contributed by atoms with Crippen LogP contribution < -0.4 is 5.32 Å². The Balaban J connectivity index is 1.74. The summed E-state index contributed by atoms with van der Waals surface area (Å²) >= 11 is 0. The van der Waals surface area contributed by atoms with E-state index in [2.05, 4.69) is 29.0 Å². The molecule has 0 aromatic carbocycles. The lowest BCUT2D eigenvalue weighted by Gasteiger charge is -2.51. The molecular weight excluding hydrogens is 308 g/mol. The van der Waals surface area contributed by atoms with Crippen molar-refractivity contribution in [1.82, 2.24) is 15.1 Å². The monoisotopic (exact) mass is 343 g/mol. The van der Waals surface area contributed by atoms with Crippen LogP contribution in [0.1, 0.15) is 58.8 Å². The van der Waals surface area contributed by atoms with Crippen molar-refractivity contribution in [3.8, 4) is 0 Å². The van der Waals surface area contributed by atoms with Gasteiger partial charge >= 0.3 is 0 Å². The van der Waals surface area contributed by atoms with Gasteiger partial charge in [0.2, 0.25) is 0 Å². The van der Waals surface area contributed by atoms with Crippen LogP contribution in [0.15, 0.2) is 0 Å². The third kappa shape index (κ3) is 3.63. The van der Waals surface area contributed by atoms with Gasteiger partial charge in [-0.25, -0.2) is 8.78 Å². The van der Waals surface area contributed by atoms with Gasteiger partial charge in [-0.15, -0.1) is 0 Å². The van der Waals surface area contributed by atoms with Gasteiger partial charge in [-0.1, -0.05) is 12.8 Å². The molecule has 0 spiro atoms. The number of alkyl halides is 2. The van der Waals surface area contributed by atoms with Crippen LogP contribution in [0.4, 0.5) is 8.78 Å². The normalized spacial score (nSPS) is 36.5. The fourth-order valence-electron chi connectivity index (χ4n) is 5.50. The minimum Gasteiger partial charge on any atom is -0.310 e. The van der Waals surface area contributed by atoms with E-state index in [0.717, 1.165) is 32.0 Å². The number of likely N-dealkylation sites (N-methyl/N-ethyl adjacent to an activating group) is 1. The van der Waals surface area contributed by atoms with Crippen molar-refractivity contribution in [2.24, 2.45) is 5.92 Å². The van der Waals surface area contributed by atoms with Gasteiger partial charge in [-0.2, -0.15) is 0 Å². The Morgan fingerprint density at radius 2 is 1.71 bits per heavy atom. The van der Waals surface area contributed by atoms with Crippen LogP contribution in [0.3, 0.4) is 0 Å². The lowest BCUT2D eigenvalue weighted by atomic mass is 9.84. The molecule has 3 atom stereocenters. The number of hydrogen-bond acceptors (Lipinski definition) is 3. The van der Waals surface area contributed by atoms with Gasteiger partial charge in [-0.05, 0) is 52.5 Å². The Kier molecular flexibility index (Phi) is 5.83. The zero-order chi connectivity index (χ0) is 17.3. The molecule has 1 heterocycles. The molecule has 0 aromatic heterocycles. The van der Waals surface area contributed by atoms with Gasteiger partial charge in [0, 0.05) is 44.2 Å². The zero-order valence-electron chi connectivity index (χ0n) is 15.6. The molecular formula is C19H35F2N3. The Hall–Kier alpha value is -0.260. The molecule has 3 fully saturated rings. The second-order valence-corrected chi connectivity index (χ2v) is 8.43. The van der Waals surface area contributed by atoms with E-state index in [4.69, 9.17) is 0 Å². The van der Waals surface area contributed by atoms with Crippen LogP contribution in [0.5, 0.6) is 0 Å². The lowest BCUT2D eigenvalue weighted by molar-refractivity contribution is -0.105. The van der Waals surface area contributed by atoms with Crippen LogP contribution in [-0.4, -0.2) is 66.6 Å². The molecule has 1 saturated heterocycles. The maximum absolute atomic E-state index is 14.4. The van der Waals surface area contributed by atoms with Crippen molar-refractivity contribution in [2.45, 2.75) is 88.9 Å². The fraction of sp³-hybridized carbons (Fsp3) is 1.00. The summed E-state index contributed by atoms with van der Waals surface area (Å²) in [6.07, 6.45) is 6.90. The van der Waals surface area contributed by atoms with E-state index in [9.17, 15) is 8.78 Å². The summed E-state index contributed by atoms with van der Waals surface area (Å²) in [5, 5.41) is 2.95. The molecule has 1 unspecified atom stereocenters. The predicted octanol–water partition coefficient (Wildman–Crippen LogP) is 3.35. The number of nitrogens with zero attached hydrogens (tertiary/aromatic N) is 2. The van der Waals surface area contributed by atoms with Gasteiger partial charge < -0.3 is 5.32 Å². The first-order valence-corrected chi connectivity index (χ1v) is 9.99. The van der Waals surface area contributed by atoms with Gasteiger partial charge in [-0.3, -0.25) is 9.80 Å². The summed E-state index contributed by atoms with van der Waals surface area (Å²) in [5.41, 5.74) is 0. The minimum absolute atomic E-state index is 0.0167. The fourth-order valence-corrected chi connectivity index (χ4v) is 5.50. The standard InChI is InChI=1S/C19H35F2N3/c1-14(2)24-12-11-23(13-17(24)15-7-4-5-8-15)16-9-6-10-19(20,21)18(16)22-3/h14-18,22H,4-13H2,1-3H3/t16-,17?,18+/m0/s1. The van der Waals surface area contributed by atoms with Crippen molar-refractivity contribution in [2.75, 3.05) is 26.7 Å². The first kappa shape index (κ1) is 18.5. The molecule has 5 heteroatoms. The maximum Gasteiger partial charge on any atom is 0.264 e. The van der Waals surface area contributed by atoms with E-state index in [-0.39, 0.29) is 12.5 Å². The highest BCUT2D eigenvalue weighted by atomic mass is 19.3. The van der Waals surface area contributed by atoms with Crippen LogP contribution >= 0.6 is 0 Å². The average Bonchev–Trinajstić information content (AvgIpc) is 3.07. The second kappa shape index (κ2) is 7.55. The number of nitrogens with one attached hydrogen (secondary N) is 1. The number of rotatable bonds is 4. The Labute approximate surface area is 146 Å². The molecule has 0 amide bonds. The second-order valence-electron chi connectivity index (χ2n) is 8.43. The van der Waals surface area contributed by atoms with Crippen molar-refractivity contribution in [3.05, 3.63) is 0 Å². The van der Waals surface area contributed by atoms with Gasteiger partial charge in [0.05, 0.1) is 6.04 Å². The van der Waals surface area contributed by atoms with E-state index in [0.29, 0.717) is 18.5 Å². The molecule has 0 radical (unpaired) electrons. The summed E-state index contributed by atoms with van der Waals surface area (Å²) in [6, 6.07) is 0.387. The molecule has 24 heavy (non-hydrogen) atoms. The van der Waals surface area contributed by atoms with Gasteiger partial charge in [0.25, 0.3) is 5.92 Å². The molecule has 1 N–H and O–H groups in total. The average molecular weight is 344 g/mol. The SMILES string of the molecule is CN[C@@H]1[C@@H](N2CCN(C(C)C)C(C3CCCC3)C2)CCCC1(F)F. The van der Waals surface area contributed by atoms with E-state index < -0.39 is 12.0 Å². The van der Waals surface area contributed by atoms with Crippen molar-refractivity contribution < 1.29 is 8.78 Å². The Bertz CT molecular complexity index is 409. The molecule has 0 aromatic rings. The first-order valence-electron chi connectivity index (χ1n) is 9.99. The van der Waals surface area contributed by atoms with Gasteiger partial charge in [0.1, 0.15) is 0 Å². The largest absolute Gasteiger partial charge is 0.310 e. The molecule has 0 bridgehead atoms. The van der Waals surface area contributed by atoms with Crippen LogP contribution in [0.2, 0.25) is 0 Å². The zero-order valence-corrected chi connectivity index (χ0v) is 15.6. The topological polar surface area (TPSA) is 18.5 Å². The smallest absolute Gasteiger partial charge is 0.264 e. The molecule has 3 aliphatic rings. The van der Waals surface area contributed by atoms with E-state index in [1.54, 1.807) is 7.05 Å². The van der Waals surface area contributed by atoms with Gasteiger partial charge in [0.15, 0.2) is 0 Å². The summed E-state index contributed by atoms with van der Waals surface area (Å²) in [4.78, 5) is 5.04. The van der Waals surface area contributed by atoms with Crippen molar-refractivity contribution >= 4 is 0 Å². The third-order valence-corrected chi connectivity index (χ3v) is 6.73. The molecule has 2 aliphatic carbocycles. The van der Waals surface area contributed by atoms with Crippen LogP contribution in [0, 0.1) is 5.92 Å². The lowest BCUT2D eigenvalue weighted by Crippen LogP contribution is -2.66. The maximum atomic E-state index is 14.4. The summed E-state index contributed by atoms with van der Waals surface area (Å²) in [6.45, 7) is 7.49. The number of hydrogen-bond donors (Lipinski definition) is 1. The molecule has 3 rings (SSSR count).